The van der Waals surface area contributed by atoms with E-state index in [2.05, 4.69) is 16.0 Å². The Balaban J connectivity index is 4.45. The van der Waals surface area contributed by atoms with E-state index in [1.807, 2.05) is 0 Å². The molecular weight excluding hydrogens is 336 g/mol. The number of hydrogen-bond donors (Lipinski definition) is 6. The van der Waals surface area contributed by atoms with E-state index in [0.717, 1.165) is 0 Å². The highest BCUT2D eigenvalue weighted by molar-refractivity contribution is 5.93. The Bertz CT molecular complexity index is 537. The Morgan fingerprint density at radius 1 is 0.800 bits per heavy atom. The summed E-state index contributed by atoms with van der Waals surface area (Å²) in [6, 6.07) is -4.23. The molecule has 142 valence electrons. The molecule has 0 rings (SSSR count). The van der Waals surface area contributed by atoms with Crippen LogP contribution in [0.3, 0.4) is 0 Å². The summed E-state index contributed by atoms with van der Waals surface area (Å²) in [6.45, 7) is 3.99. The summed E-state index contributed by atoms with van der Waals surface area (Å²) < 4.78 is 0. The van der Waals surface area contributed by atoms with Crippen LogP contribution in [-0.4, -0.2) is 64.0 Å². The van der Waals surface area contributed by atoms with Crippen LogP contribution in [0, 0.1) is 0 Å². The first-order chi connectivity index (χ1) is 11.5. The largest absolute Gasteiger partial charge is 0.481 e. The number of nitrogens with two attached hydrogens (primary N) is 1. The molecule has 3 amide bonds. The molecule has 0 aromatic rings. The van der Waals surface area contributed by atoms with E-state index in [1.54, 1.807) is 0 Å². The van der Waals surface area contributed by atoms with Gasteiger partial charge in [0.1, 0.15) is 18.1 Å². The second-order valence-corrected chi connectivity index (χ2v) is 5.57. The second-order valence-electron chi connectivity index (χ2n) is 5.57. The van der Waals surface area contributed by atoms with Crippen LogP contribution in [0.1, 0.15) is 33.6 Å². The van der Waals surface area contributed by atoms with Crippen molar-refractivity contribution in [3.63, 3.8) is 0 Å². The lowest BCUT2D eigenvalue weighted by molar-refractivity contribution is -0.141. The minimum Gasteiger partial charge on any atom is -0.481 e. The molecule has 0 heterocycles. The first-order valence-corrected chi connectivity index (χ1v) is 7.57. The van der Waals surface area contributed by atoms with Crippen LogP contribution in [0.2, 0.25) is 0 Å². The van der Waals surface area contributed by atoms with E-state index in [4.69, 9.17) is 15.9 Å². The molecule has 11 nitrogen and oxygen atoms in total. The van der Waals surface area contributed by atoms with E-state index < -0.39 is 53.8 Å². The fraction of sp³-hybridized carbons (Fsp3) is 0.643. The highest BCUT2D eigenvalue weighted by Gasteiger charge is 2.24. The number of amides is 3. The predicted molar refractivity (Wildman–Crippen MR) is 85.3 cm³/mol. The number of hydrogen-bond acceptors (Lipinski definition) is 6. The topological polar surface area (TPSA) is 188 Å². The molecule has 0 aliphatic carbocycles. The molecule has 0 bridgehead atoms. The molecule has 0 aliphatic rings. The molecule has 0 aromatic heterocycles. The van der Waals surface area contributed by atoms with Crippen molar-refractivity contribution in [1.82, 2.24) is 16.0 Å². The minimum absolute atomic E-state index is 0.0820. The van der Waals surface area contributed by atoms with Gasteiger partial charge in [0.2, 0.25) is 17.7 Å². The summed E-state index contributed by atoms with van der Waals surface area (Å²) in [4.78, 5) is 56.5. The Morgan fingerprint density at radius 3 is 1.60 bits per heavy atom. The van der Waals surface area contributed by atoms with Gasteiger partial charge in [-0.3, -0.25) is 24.0 Å². The number of carboxylic acids is 2. The average molecular weight is 360 g/mol. The minimum atomic E-state index is -1.22. The standard InChI is InChI=1S/C14H24N4O7/c1-6(12(22)18-8(3)14(24)25)16-11(21)7(2)17-13(23)9(15)4-5-10(19)20/h6-9H,4-5,15H2,1-3H3,(H,16,21)(H,17,23)(H,18,22)(H,19,20)(H,24,25). The Morgan fingerprint density at radius 2 is 1.20 bits per heavy atom. The van der Waals surface area contributed by atoms with Crippen molar-refractivity contribution in [2.45, 2.75) is 57.8 Å². The Kier molecular flexibility index (Phi) is 9.13. The average Bonchev–Trinajstić information content (AvgIpc) is 2.51. The van der Waals surface area contributed by atoms with E-state index in [-0.39, 0.29) is 12.8 Å². The fourth-order valence-electron chi connectivity index (χ4n) is 1.60. The van der Waals surface area contributed by atoms with E-state index >= 15 is 0 Å². The lowest BCUT2D eigenvalue weighted by atomic mass is 10.1. The quantitative estimate of drug-likeness (QED) is 0.252. The monoisotopic (exact) mass is 360 g/mol. The summed E-state index contributed by atoms with van der Waals surface area (Å²) in [7, 11) is 0. The van der Waals surface area contributed by atoms with Crippen LogP contribution < -0.4 is 21.7 Å². The summed E-state index contributed by atoms with van der Waals surface area (Å²) in [5.74, 6) is -4.38. The van der Waals surface area contributed by atoms with Gasteiger partial charge in [-0.1, -0.05) is 0 Å². The van der Waals surface area contributed by atoms with Gasteiger partial charge in [0.05, 0.1) is 6.04 Å². The molecule has 0 spiro atoms. The molecule has 0 radical (unpaired) electrons. The summed E-state index contributed by atoms with van der Waals surface area (Å²) in [5, 5.41) is 24.1. The SMILES string of the molecule is CC(NC(=O)C(C)NC(=O)C(C)NC(=O)C(N)CCC(=O)O)C(=O)O. The van der Waals surface area contributed by atoms with Gasteiger partial charge in [-0.05, 0) is 27.2 Å². The van der Waals surface area contributed by atoms with Gasteiger partial charge >= 0.3 is 11.9 Å². The van der Waals surface area contributed by atoms with Crippen LogP contribution in [0.5, 0.6) is 0 Å². The first-order valence-electron chi connectivity index (χ1n) is 7.57. The smallest absolute Gasteiger partial charge is 0.325 e. The molecule has 0 aliphatic heterocycles. The van der Waals surface area contributed by atoms with Crippen LogP contribution in [0.4, 0.5) is 0 Å². The third-order valence-electron chi connectivity index (χ3n) is 3.24. The van der Waals surface area contributed by atoms with Gasteiger partial charge < -0.3 is 31.9 Å². The third-order valence-corrected chi connectivity index (χ3v) is 3.24. The van der Waals surface area contributed by atoms with Crippen LogP contribution >= 0.6 is 0 Å². The van der Waals surface area contributed by atoms with E-state index in [9.17, 15) is 24.0 Å². The lowest BCUT2D eigenvalue weighted by Crippen LogP contribution is -2.55. The molecule has 0 saturated carbocycles. The molecular formula is C14H24N4O7. The zero-order chi connectivity index (χ0) is 19.7. The normalized spacial score (nSPS) is 15.2. The number of carbonyl (C=O) groups excluding carboxylic acids is 3. The molecule has 11 heteroatoms. The van der Waals surface area contributed by atoms with Crippen molar-refractivity contribution in [3.8, 4) is 0 Å². The van der Waals surface area contributed by atoms with Gasteiger partial charge in [-0.15, -0.1) is 0 Å². The molecule has 25 heavy (non-hydrogen) atoms. The zero-order valence-corrected chi connectivity index (χ0v) is 14.2. The summed E-state index contributed by atoms with van der Waals surface area (Å²) >= 11 is 0. The van der Waals surface area contributed by atoms with Gasteiger partial charge in [0, 0.05) is 6.42 Å². The molecule has 4 atom stereocenters. The van der Waals surface area contributed by atoms with Gasteiger partial charge in [0.15, 0.2) is 0 Å². The predicted octanol–water partition coefficient (Wildman–Crippen LogP) is -2.22. The highest BCUT2D eigenvalue weighted by Crippen LogP contribution is 1.96. The maximum absolute atomic E-state index is 11.9. The van der Waals surface area contributed by atoms with Crippen LogP contribution in [0.15, 0.2) is 0 Å². The molecule has 7 N–H and O–H groups in total. The van der Waals surface area contributed by atoms with Gasteiger partial charge in [-0.2, -0.15) is 0 Å². The molecule has 0 fully saturated rings. The van der Waals surface area contributed by atoms with Gasteiger partial charge in [0.25, 0.3) is 0 Å². The first kappa shape index (κ1) is 22.3. The van der Waals surface area contributed by atoms with Crippen molar-refractivity contribution in [2.75, 3.05) is 0 Å². The van der Waals surface area contributed by atoms with Crippen molar-refractivity contribution < 1.29 is 34.2 Å². The number of carboxylic acid groups (broad SMARTS) is 2. The van der Waals surface area contributed by atoms with Crippen LogP contribution in [-0.2, 0) is 24.0 Å². The number of rotatable bonds is 10. The van der Waals surface area contributed by atoms with Crippen LogP contribution in [0.25, 0.3) is 0 Å². The molecule has 0 aromatic carbocycles. The summed E-state index contributed by atoms with van der Waals surface area (Å²) in [5.41, 5.74) is 5.52. The fourth-order valence-corrected chi connectivity index (χ4v) is 1.60. The van der Waals surface area contributed by atoms with Crippen molar-refractivity contribution >= 4 is 29.7 Å². The molecule has 0 saturated heterocycles. The van der Waals surface area contributed by atoms with Crippen molar-refractivity contribution in [2.24, 2.45) is 5.73 Å². The Labute approximate surface area is 144 Å². The van der Waals surface area contributed by atoms with Gasteiger partial charge in [-0.25, -0.2) is 0 Å². The highest BCUT2D eigenvalue weighted by atomic mass is 16.4. The van der Waals surface area contributed by atoms with Crippen molar-refractivity contribution in [3.05, 3.63) is 0 Å². The Hall–Kier alpha value is -2.69. The maximum atomic E-state index is 11.9. The number of aliphatic carboxylic acids is 2. The third kappa shape index (κ3) is 8.65. The second kappa shape index (κ2) is 10.2. The van der Waals surface area contributed by atoms with Crippen molar-refractivity contribution in [1.29, 1.82) is 0 Å². The number of nitrogens with one attached hydrogen (secondary N) is 3. The maximum Gasteiger partial charge on any atom is 0.325 e. The van der Waals surface area contributed by atoms with E-state index in [0.29, 0.717) is 0 Å². The summed E-state index contributed by atoms with van der Waals surface area (Å²) in [6.07, 6.45) is -0.366. The number of carbonyl (C=O) groups is 5. The lowest BCUT2D eigenvalue weighted by Gasteiger charge is -2.20. The zero-order valence-electron chi connectivity index (χ0n) is 14.2. The molecule has 4 unspecified atom stereocenters. The van der Waals surface area contributed by atoms with E-state index in [1.165, 1.54) is 20.8 Å².